The second-order valence-electron chi connectivity index (χ2n) is 6.27. The van der Waals surface area contributed by atoms with Crippen LogP contribution >= 0.6 is 19.2 Å². The summed E-state index contributed by atoms with van der Waals surface area (Å²) < 4.78 is 15.9. The highest BCUT2D eigenvalue weighted by Gasteiger charge is 2.44. The predicted octanol–water partition coefficient (Wildman–Crippen LogP) is -1.48. The number of nitrogens with two attached hydrogens (primary N) is 1. The number of thiazole rings is 1. The first-order chi connectivity index (χ1) is 14.0. The van der Waals surface area contributed by atoms with E-state index in [9.17, 15) is 15.3 Å². The van der Waals surface area contributed by atoms with Gasteiger partial charge < -0.3 is 40.5 Å². The van der Waals surface area contributed by atoms with Gasteiger partial charge in [-0.15, -0.1) is 11.3 Å². The van der Waals surface area contributed by atoms with Crippen LogP contribution in [0.2, 0.25) is 0 Å². The molecule has 3 aromatic heterocycles. The second-order valence-corrected chi connectivity index (χ2v) is 8.53. The first-order valence-electron chi connectivity index (χ1n) is 8.33. The fourth-order valence-corrected chi connectivity index (χ4v) is 3.60. The van der Waals surface area contributed by atoms with E-state index in [0.29, 0.717) is 21.9 Å². The molecule has 8 N–H and O–H groups in total. The fraction of sp³-hybridized carbons (Fsp3) is 0.429. The number of aliphatic hydroxyl groups is 3. The largest absolute Gasteiger partial charge is 0.466 e. The molecule has 4 atom stereocenters. The van der Waals surface area contributed by atoms with Crippen LogP contribution in [-0.2, 0) is 9.30 Å². The Hall–Kier alpha value is -2.07. The molecule has 16 heteroatoms. The van der Waals surface area contributed by atoms with E-state index in [4.69, 9.17) is 29.7 Å². The Morgan fingerprint density at radius 2 is 1.90 bits per heavy atom. The number of imidazole rings is 1. The highest BCUT2D eigenvalue weighted by Crippen LogP contribution is 2.34. The van der Waals surface area contributed by atoms with Gasteiger partial charge in [0.25, 0.3) is 0 Å². The zero-order valence-electron chi connectivity index (χ0n) is 15.3. The predicted molar refractivity (Wildman–Crippen MR) is 103 cm³/mol. The monoisotopic (exact) mass is 462 g/mol. The van der Waals surface area contributed by atoms with Gasteiger partial charge in [-0.25, -0.2) is 19.5 Å². The molecule has 0 spiro atoms. The summed E-state index contributed by atoms with van der Waals surface area (Å²) in [6.07, 6.45) is -1.13. The van der Waals surface area contributed by atoms with E-state index in [0.717, 1.165) is 4.88 Å². The molecule has 0 radical (unpaired) electrons. The van der Waals surface area contributed by atoms with Crippen molar-refractivity contribution in [3.05, 3.63) is 17.4 Å². The van der Waals surface area contributed by atoms with E-state index >= 15 is 0 Å². The molecule has 164 valence electrons. The minimum absolute atomic E-state index is 0.0313. The number of nitrogen functional groups attached to an aromatic ring is 1. The van der Waals surface area contributed by atoms with E-state index in [1.54, 1.807) is 6.20 Å². The summed E-state index contributed by atoms with van der Waals surface area (Å²) in [5.74, 6) is 0.0313. The number of aryl methyl sites for hydroxylation is 1. The molecule has 0 saturated carbocycles. The van der Waals surface area contributed by atoms with Gasteiger partial charge >= 0.3 is 7.82 Å². The highest BCUT2D eigenvalue weighted by atomic mass is 32.1. The summed E-state index contributed by atoms with van der Waals surface area (Å²) in [6, 6.07) is 0. The lowest BCUT2D eigenvalue weighted by Gasteiger charge is -2.16. The van der Waals surface area contributed by atoms with Crippen molar-refractivity contribution in [3.63, 3.8) is 0 Å². The van der Waals surface area contributed by atoms with Crippen molar-refractivity contribution in [1.29, 1.82) is 0 Å². The van der Waals surface area contributed by atoms with Crippen molar-refractivity contribution in [3.8, 4) is 10.7 Å². The summed E-state index contributed by atoms with van der Waals surface area (Å²) in [7, 11) is -4.64. The van der Waals surface area contributed by atoms with Crippen LogP contribution in [0.1, 0.15) is 11.1 Å². The van der Waals surface area contributed by atoms with E-state index < -0.39 is 39.0 Å². The van der Waals surface area contributed by atoms with E-state index in [1.165, 1.54) is 22.2 Å². The third-order valence-electron chi connectivity index (χ3n) is 4.05. The highest BCUT2D eigenvalue weighted by molar-refractivity contribution is 7.45. The average Bonchev–Trinajstić information content (AvgIpc) is 3.32. The molecule has 0 amide bonds. The molecular formula is C14H19N6O8PS. The molecule has 0 aromatic carbocycles. The fourth-order valence-electron chi connectivity index (χ4n) is 2.84. The number of ether oxygens (including phenoxy) is 1. The Morgan fingerprint density at radius 1 is 1.23 bits per heavy atom. The molecule has 30 heavy (non-hydrogen) atoms. The van der Waals surface area contributed by atoms with Gasteiger partial charge in [-0.2, -0.15) is 4.98 Å². The zero-order valence-corrected chi connectivity index (χ0v) is 17.1. The molecule has 0 unspecified atom stereocenters. The summed E-state index contributed by atoms with van der Waals surface area (Å²) >= 11 is 1.45. The molecule has 1 fully saturated rings. The Labute approximate surface area is 172 Å². The summed E-state index contributed by atoms with van der Waals surface area (Å²) in [5, 5.41) is 30.1. The van der Waals surface area contributed by atoms with Crippen molar-refractivity contribution in [2.75, 3.05) is 12.3 Å². The van der Waals surface area contributed by atoms with Crippen LogP contribution in [0.5, 0.6) is 0 Å². The van der Waals surface area contributed by atoms with Crippen molar-refractivity contribution >= 4 is 36.3 Å². The Balaban J connectivity index is 0.000000461. The number of anilines is 1. The van der Waals surface area contributed by atoms with Gasteiger partial charge in [0.15, 0.2) is 11.9 Å². The minimum Gasteiger partial charge on any atom is -0.394 e. The summed E-state index contributed by atoms with van der Waals surface area (Å²) in [4.78, 5) is 39.6. The third-order valence-corrected chi connectivity index (χ3v) is 4.97. The van der Waals surface area contributed by atoms with Crippen LogP contribution in [0.3, 0.4) is 0 Å². The van der Waals surface area contributed by atoms with Gasteiger partial charge in [-0.05, 0) is 6.92 Å². The summed E-state index contributed by atoms with van der Waals surface area (Å²) in [5.41, 5.74) is 7.14. The molecule has 1 aliphatic heterocycles. The van der Waals surface area contributed by atoms with Crippen LogP contribution in [0, 0.1) is 6.92 Å². The number of aromatic nitrogens is 5. The average molecular weight is 462 g/mol. The molecule has 3 aromatic rings. The molecule has 1 saturated heterocycles. The maximum absolute atomic E-state index is 10.2. The van der Waals surface area contributed by atoms with Crippen LogP contribution < -0.4 is 5.73 Å². The SMILES string of the molecule is Cc1cnc(-c2nc(N)nc3c2ncn3[C@@H]2O[C@H](CO)[C@@H](O)[C@H]2O)s1.O=P(O)(O)O. The summed E-state index contributed by atoms with van der Waals surface area (Å²) in [6.45, 7) is 1.52. The molecule has 0 bridgehead atoms. The number of hydrogen-bond acceptors (Lipinski definition) is 11. The van der Waals surface area contributed by atoms with Crippen LogP contribution in [0.15, 0.2) is 12.5 Å². The topological polar surface area (TPSA) is 230 Å². The lowest BCUT2D eigenvalue weighted by Crippen LogP contribution is -2.33. The standard InChI is InChI=1S/C14H16N6O4S.H3O4P/c1-5-2-16-12(25-5)8-7-11(19-14(15)18-8)20(4-17-7)13-10(23)9(22)6(3-21)24-13;1-5(2,3)4/h2,4,6,9-10,13,21-23H,3H2,1H3,(H2,15,18,19);(H3,1,2,3,4)/t6-,9-,10-,13-;/m1./s1. The minimum atomic E-state index is -4.64. The molecule has 14 nitrogen and oxygen atoms in total. The molecule has 0 aliphatic carbocycles. The van der Waals surface area contributed by atoms with Gasteiger partial charge in [0.2, 0.25) is 5.95 Å². The van der Waals surface area contributed by atoms with Crippen molar-refractivity contribution in [1.82, 2.24) is 24.5 Å². The normalized spacial score (nSPS) is 24.1. The first-order valence-corrected chi connectivity index (χ1v) is 10.7. The number of hydrogen-bond donors (Lipinski definition) is 7. The molecule has 4 heterocycles. The third kappa shape index (κ3) is 4.80. The Bertz CT molecular complexity index is 1080. The number of nitrogens with zero attached hydrogens (tertiary/aromatic N) is 5. The van der Waals surface area contributed by atoms with Crippen LogP contribution in [0.25, 0.3) is 21.9 Å². The second kappa shape index (κ2) is 8.58. The lowest BCUT2D eigenvalue weighted by atomic mass is 10.1. The van der Waals surface area contributed by atoms with Gasteiger partial charge in [-0.3, -0.25) is 4.57 Å². The number of aliphatic hydroxyl groups excluding tert-OH is 3. The quantitative estimate of drug-likeness (QED) is 0.220. The zero-order chi connectivity index (χ0) is 22.2. The van der Waals surface area contributed by atoms with Crippen LogP contribution in [-0.4, -0.2) is 79.4 Å². The Morgan fingerprint density at radius 3 is 2.43 bits per heavy atom. The lowest BCUT2D eigenvalue weighted by molar-refractivity contribution is -0.0511. The van der Waals surface area contributed by atoms with E-state index in [2.05, 4.69) is 19.9 Å². The van der Waals surface area contributed by atoms with Crippen LogP contribution in [0.4, 0.5) is 5.95 Å². The Kier molecular flexibility index (Phi) is 6.47. The van der Waals surface area contributed by atoms with Gasteiger partial charge in [0.1, 0.15) is 34.5 Å². The maximum atomic E-state index is 10.2. The number of rotatable bonds is 3. The van der Waals surface area contributed by atoms with Crippen molar-refractivity contribution in [2.45, 2.75) is 31.5 Å². The van der Waals surface area contributed by atoms with Gasteiger partial charge in [-0.1, -0.05) is 0 Å². The van der Waals surface area contributed by atoms with E-state index in [1.807, 2.05) is 6.92 Å². The smallest absolute Gasteiger partial charge is 0.394 e. The van der Waals surface area contributed by atoms with Crippen molar-refractivity contribution < 1.29 is 39.3 Å². The van der Waals surface area contributed by atoms with E-state index in [-0.39, 0.29) is 5.95 Å². The molecule has 4 rings (SSSR count). The molecular weight excluding hydrogens is 443 g/mol. The van der Waals surface area contributed by atoms with Gasteiger partial charge in [0.05, 0.1) is 12.9 Å². The first kappa shape index (κ1) is 22.6. The number of fused-ring (bicyclic) bond motifs is 1. The maximum Gasteiger partial charge on any atom is 0.466 e. The van der Waals surface area contributed by atoms with Gasteiger partial charge in [0, 0.05) is 11.1 Å². The molecule has 1 aliphatic rings. The number of phosphoric acid groups is 1. The van der Waals surface area contributed by atoms with Crippen molar-refractivity contribution in [2.24, 2.45) is 0 Å².